The molecule has 2 rings (SSSR count). The van der Waals surface area contributed by atoms with E-state index in [1.54, 1.807) is 19.3 Å². The van der Waals surface area contributed by atoms with Crippen LogP contribution in [0.25, 0.3) is 11.6 Å². The third-order valence-electron chi connectivity index (χ3n) is 1.50. The molecule has 2 aromatic heterocycles. The van der Waals surface area contributed by atoms with Crippen LogP contribution < -0.4 is 0 Å². The van der Waals surface area contributed by atoms with Crippen molar-refractivity contribution >= 4 is 0 Å². The number of aromatic nitrogens is 4. The Balaban J connectivity index is 2.46. The van der Waals surface area contributed by atoms with Crippen LogP contribution in [0.4, 0.5) is 0 Å². The van der Waals surface area contributed by atoms with Gasteiger partial charge in [-0.2, -0.15) is 4.98 Å². The lowest BCUT2D eigenvalue weighted by Gasteiger charge is -1.93. The van der Waals surface area contributed by atoms with E-state index in [4.69, 9.17) is 4.52 Å². The van der Waals surface area contributed by atoms with Gasteiger partial charge in [0.25, 0.3) is 5.89 Å². The summed E-state index contributed by atoms with van der Waals surface area (Å²) in [5.74, 6) is 1.01. The van der Waals surface area contributed by atoms with Gasteiger partial charge in [-0.3, -0.25) is 4.98 Å². The highest BCUT2D eigenvalue weighted by Gasteiger charge is 2.07. The van der Waals surface area contributed by atoms with Gasteiger partial charge in [0.05, 0.1) is 11.9 Å². The Morgan fingerprint density at radius 1 is 1.15 bits per heavy atom. The summed E-state index contributed by atoms with van der Waals surface area (Å²) in [4.78, 5) is 12.2. The number of hydrogen-bond donors (Lipinski definition) is 0. The second-order valence-electron chi connectivity index (χ2n) is 2.69. The summed E-state index contributed by atoms with van der Waals surface area (Å²) in [6.07, 6.45) is 3.27. The summed E-state index contributed by atoms with van der Waals surface area (Å²) in [7, 11) is 0. The summed E-state index contributed by atoms with van der Waals surface area (Å²) in [6.45, 7) is 3.62. The Morgan fingerprint density at radius 2 is 2.00 bits per heavy atom. The molecule has 0 aliphatic carbocycles. The molecule has 5 nitrogen and oxygen atoms in total. The Morgan fingerprint density at radius 3 is 2.62 bits per heavy atom. The van der Waals surface area contributed by atoms with E-state index in [1.807, 2.05) is 6.92 Å². The van der Waals surface area contributed by atoms with Gasteiger partial charge >= 0.3 is 0 Å². The largest absolute Gasteiger partial charge is 0.332 e. The minimum Gasteiger partial charge on any atom is -0.332 e. The van der Waals surface area contributed by atoms with Crippen LogP contribution in [0.2, 0.25) is 0 Å². The minimum atomic E-state index is 0.411. The van der Waals surface area contributed by atoms with Crippen molar-refractivity contribution in [1.82, 2.24) is 20.1 Å². The summed E-state index contributed by atoms with van der Waals surface area (Å²) in [6, 6.07) is 0. The first-order chi connectivity index (χ1) is 6.25. The Hall–Kier alpha value is -1.78. The molecule has 0 N–H and O–H groups in total. The van der Waals surface area contributed by atoms with Gasteiger partial charge in [-0.1, -0.05) is 5.16 Å². The monoisotopic (exact) mass is 176 g/mol. The number of rotatable bonds is 1. The van der Waals surface area contributed by atoms with Crippen LogP contribution in [0.1, 0.15) is 11.5 Å². The molecular formula is C8H8N4O. The lowest BCUT2D eigenvalue weighted by Crippen LogP contribution is -1.88. The fourth-order valence-electron chi connectivity index (χ4n) is 0.968. The van der Waals surface area contributed by atoms with Crippen molar-refractivity contribution < 1.29 is 4.52 Å². The van der Waals surface area contributed by atoms with Gasteiger partial charge in [0.2, 0.25) is 0 Å². The van der Waals surface area contributed by atoms with Crippen LogP contribution in [0.3, 0.4) is 0 Å². The zero-order valence-corrected chi connectivity index (χ0v) is 7.35. The van der Waals surface area contributed by atoms with Crippen LogP contribution in [-0.2, 0) is 0 Å². The lowest BCUT2D eigenvalue weighted by molar-refractivity contribution is 0.424. The van der Waals surface area contributed by atoms with Gasteiger partial charge in [0, 0.05) is 6.20 Å². The highest BCUT2D eigenvalue weighted by atomic mass is 16.5. The zero-order valence-electron chi connectivity index (χ0n) is 7.35. The van der Waals surface area contributed by atoms with Crippen LogP contribution in [0, 0.1) is 13.8 Å². The van der Waals surface area contributed by atoms with E-state index in [0.29, 0.717) is 17.4 Å². The van der Waals surface area contributed by atoms with E-state index >= 15 is 0 Å². The van der Waals surface area contributed by atoms with Gasteiger partial charge in [-0.05, 0) is 13.8 Å². The van der Waals surface area contributed by atoms with Crippen molar-refractivity contribution in [1.29, 1.82) is 0 Å². The van der Waals surface area contributed by atoms with E-state index in [1.165, 1.54) is 0 Å². The van der Waals surface area contributed by atoms with Crippen molar-refractivity contribution in [3.8, 4) is 11.6 Å². The average molecular weight is 176 g/mol. The zero-order chi connectivity index (χ0) is 9.26. The molecule has 0 aromatic carbocycles. The fourth-order valence-corrected chi connectivity index (χ4v) is 0.968. The van der Waals surface area contributed by atoms with E-state index in [-0.39, 0.29) is 0 Å². The first-order valence-corrected chi connectivity index (χ1v) is 3.85. The third kappa shape index (κ3) is 1.53. The quantitative estimate of drug-likeness (QED) is 0.651. The Bertz CT molecular complexity index is 424. The van der Waals surface area contributed by atoms with Crippen molar-refractivity contribution in [3.63, 3.8) is 0 Å². The third-order valence-corrected chi connectivity index (χ3v) is 1.50. The summed E-state index contributed by atoms with van der Waals surface area (Å²) in [5.41, 5.74) is 1.44. The van der Waals surface area contributed by atoms with E-state index < -0.39 is 0 Å². The molecule has 0 amide bonds. The normalized spacial score (nSPS) is 10.3. The van der Waals surface area contributed by atoms with E-state index in [0.717, 1.165) is 5.69 Å². The Kier molecular flexibility index (Phi) is 1.77. The predicted octanol–water partition coefficient (Wildman–Crippen LogP) is 1.14. The van der Waals surface area contributed by atoms with Crippen molar-refractivity contribution in [2.75, 3.05) is 0 Å². The smallest absolute Gasteiger partial charge is 0.278 e. The van der Waals surface area contributed by atoms with Gasteiger partial charge in [0.15, 0.2) is 5.82 Å². The number of hydrogen-bond acceptors (Lipinski definition) is 5. The molecule has 0 unspecified atom stereocenters. The maximum Gasteiger partial charge on any atom is 0.278 e. The fraction of sp³-hybridized carbons (Fsp3) is 0.250. The Labute approximate surface area is 74.8 Å². The molecule has 2 heterocycles. The maximum atomic E-state index is 4.94. The molecule has 0 radical (unpaired) electrons. The molecule has 5 heteroatoms. The van der Waals surface area contributed by atoms with E-state index in [9.17, 15) is 0 Å². The topological polar surface area (TPSA) is 64.7 Å². The molecular weight excluding hydrogens is 168 g/mol. The number of aryl methyl sites for hydroxylation is 2. The van der Waals surface area contributed by atoms with Crippen LogP contribution in [0.15, 0.2) is 16.9 Å². The molecule has 0 saturated carbocycles. The predicted molar refractivity (Wildman–Crippen MR) is 44.8 cm³/mol. The van der Waals surface area contributed by atoms with Crippen LogP contribution in [0.5, 0.6) is 0 Å². The van der Waals surface area contributed by atoms with E-state index in [2.05, 4.69) is 20.1 Å². The summed E-state index contributed by atoms with van der Waals surface area (Å²) in [5, 5.41) is 3.67. The molecule has 66 valence electrons. The summed E-state index contributed by atoms with van der Waals surface area (Å²) >= 11 is 0. The van der Waals surface area contributed by atoms with Crippen molar-refractivity contribution in [3.05, 3.63) is 23.9 Å². The second-order valence-corrected chi connectivity index (χ2v) is 2.69. The van der Waals surface area contributed by atoms with Gasteiger partial charge < -0.3 is 4.52 Å². The SMILES string of the molecule is Cc1cncc(-c2nc(C)no2)n1. The highest BCUT2D eigenvalue weighted by molar-refractivity contribution is 5.44. The average Bonchev–Trinajstić information content (AvgIpc) is 2.52. The van der Waals surface area contributed by atoms with Crippen LogP contribution >= 0.6 is 0 Å². The molecule has 0 saturated heterocycles. The first kappa shape index (κ1) is 7.85. The first-order valence-electron chi connectivity index (χ1n) is 3.85. The number of nitrogens with zero attached hydrogens (tertiary/aromatic N) is 4. The van der Waals surface area contributed by atoms with Crippen molar-refractivity contribution in [2.45, 2.75) is 13.8 Å². The van der Waals surface area contributed by atoms with Gasteiger partial charge in [-0.25, -0.2) is 4.98 Å². The molecule has 13 heavy (non-hydrogen) atoms. The highest BCUT2D eigenvalue weighted by Crippen LogP contribution is 2.12. The minimum absolute atomic E-state index is 0.411. The van der Waals surface area contributed by atoms with Crippen LogP contribution in [-0.4, -0.2) is 20.1 Å². The second kappa shape index (κ2) is 2.93. The molecule has 0 aliphatic heterocycles. The molecule has 0 atom stereocenters. The molecule has 0 bridgehead atoms. The molecule has 2 aromatic rings. The summed E-state index contributed by atoms with van der Waals surface area (Å²) < 4.78 is 4.94. The molecule has 0 fully saturated rings. The van der Waals surface area contributed by atoms with Gasteiger partial charge in [0.1, 0.15) is 5.69 Å². The van der Waals surface area contributed by atoms with Gasteiger partial charge in [-0.15, -0.1) is 0 Å². The lowest BCUT2D eigenvalue weighted by atomic mass is 10.4. The molecule has 0 spiro atoms. The van der Waals surface area contributed by atoms with Crippen molar-refractivity contribution in [2.24, 2.45) is 0 Å². The maximum absolute atomic E-state index is 4.94. The standard InChI is InChI=1S/C8H8N4O/c1-5-3-9-4-7(10-5)8-11-6(2)12-13-8/h3-4H,1-2H3. The molecule has 0 aliphatic rings.